The molecular formula is C23H25N3O4. The van der Waals surface area contributed by atoms with Gasteiger partial charge in [-0.15, -0.1) is 0 Å². The van der Waals surface area contributed by atoms with E-state index in [1.807, 2.05) is 37.3 Å². The second-order valence-electron chi connectivity index (χ2n) is 7.55. The van der Waals surface area contributed by atoms with Crippen LogP contribution < -0.4 is 5.56 Å². The molecule has 3 aromatic rings. The standard InChI is InChI=1S/C23H25N3O4/c1-17-6-5-9-20-22(17)24-16-26(23(20)28)14-21(27)30-15-19-13-25(10-11-29-19)12-18-7-3-2-4-8-18/h2-9,16,19H,10-15H2,1H3. The van der Waals surface area contributed by atoms with E-state index in [0.717, 1.165) is 18.7 Å². The van der Waals surface area contributed by atoms with Crippen LogP contribution in [-0.4, -0.2) is 52.8 Å². The maximum absolute atomic E-state index is 12.6. The molecule has 30 heavy (non-hydrogen) atoms. The zero-order valence-electron chi connectivity index (χ0n) is 17.0. The number of para-hydroxylation sites is 1. The summed E-state index contributed by atoms with van der Waals surface area (Å²) in [6, 6.07) is 15.7. The van der Waals surface area contributed by atoms with Crippen LogP contribution in [-0.2, 0) is 27.4 Å². The van der Waals surface area contributed by atoms with Crippen LogP contribution in [0, 0.1) is 6.92 Å². The van der Waals surface area contributed by atoms with Gasteiger partial charge >= 0.3 is 5.97 Å². The van der Waals surface area contributed by atoms with Crippen molar-refractivity contribution in [2.75, 3.05) is 26.3 Å². The molecule has 0 amide bonds. The van der Waals surface area contributed by atoms with Gasteiger partial charge in [0, 0.05) is 19.6 Å². The summed E-state index contributed by atoms with van der Waals surface area (Å²) in [6.07, 6.45) is 1.22. The highest BCUT2D eigenvalue weighted by molar-refractivity contribution is 5.80. The van der Waals surface area contributed by atoms with E-state index in [4.69, 9.17) is 9.47 Å². The lowest BCUT2D eigenvalue weighted by molar-refractivity contribution is -0.151. The molecule has 156 valence electrons. The summed E-state index contributed by atoms with van der Waals surface area (Å²) in [4.78, 5) is 31.5. The third kappa shape index (κ3) is 4.75. The Kier molecular flexibility index (Phi) is 6.21. The Morgan fingerprint density at radius 3 is 2.87 bits per heavy atom. The van der Waals surface area contributed by atoms with Gasteiger partial charge in [-0.25, -0.2) is 4.98 Å². The number of rotatable bonds is 6. The maximum Gasteiger partial charge on any atom is 0.326 e. The predicted molar refractivity (Wildman–Crippen MR) is 113 cm³/mol. The SMILES string of the molecule is Cc1cccc2c(=O)n(CC(=O)OCC3CN(Cc4ccccc4)CCO3)cnc12. The average Bonchev–Trinajstić information content (AvgIpc) is 2.76. The predicted octanol–water partition coefficient (Wildman–Crippen LogP) is 2.15. The molecule has 1 unspecified atom stereocenters. The van der Waals surface area contributed by atoms with E-state index in [-0.39, 0.29) is 24.8 Å². The number of fused-ring (bicyclic) bond motifs is 1. The van der Waals surface area contributed by atoms with Crippen molar-refractivity contribution in [3.05, 3.63) is 76.3 Å². The monoisotopic (exact) mass is 407 g/mol. The molecular weight excluding hydrogens is 382 g/mol. The van der Waals surface area contributed by atoms with Crippen LogP contribution in [0.4, 0.5) is 0 Å². The second-order valence-corrected chi connectivity index (χ2v) is 7.55. The highest BCUT2D eigenvalue weighted by Gasteiger charge is 2.22. The lowest BCUT2D eigenvalue weighted by Crippen LogP contribution is -2.44. The number of ether oxygens (including phenoxy) is 2. The van der Waals surface area contributed by atoms with Crippen molar-refractivity contribution in [1.29, 1.82) is 0 Å². The maximum atomic E-state index is 12.6. The number of carbonyl (C=O) groups excluding carboxylic acids is 1. The van der Waals surface area contributed by atoms with E-state index < -0.39 is 5.97 Å². The van der Waals surface area contributed by atoms with Crippen LogP contribution in [0.3, 0.4) is 0 Å². The molecule has 0 saturated carbocycles. The molecule has 1 aromatic heterocycles. The Labute approximate surface area is 174 Å². The van der Waals surface area contributed by atoms with Crippen molar-refractivity contribution in [2.24, 2.45) is 0 Å². The summed E-state index contributed by atoms with van der Waals surface area (Å²) in [5.74, 6) is -0.477. The van der Waals surface area contributed by atoms with Crippen LogP contribution in [0.5, 0.6) is 0 Å². The second kappa shape index (κ2) is 9.19. The first-order chi connectivity index (χ1) is 14.6. The number of hydrogen-bond acceptors (Lipinski definition) is 6. The van der Waals surface area contributed by atoms with Gasteiger partial charge in [-0.05, 0) is 24.1 Å². The quantitative estimate of drug-likeness (QED) is 0.583. The highest BCUT2D eigenvalue weighted by Crippen LogP contribution is 2.12. The van der Waals surface area contributed by atoms with Crippen LogP contribution in [0.2, 0.25) is 0 Å². The Hall–Kier alpha value is -3.03. The van der Waals surface area contributed by atoms with Gasteiger partial charge in [0.1, 0.15) is 19.3 Å². The van der Waals surface area contributed by atoms with Crippen molar-refractivity contribution in [3.63, 3.8) is 0 Å². The van der Waals surface area contributed by atoms with Gasteiger partial charge in [0.05, 0.1) is 23.8 Å². The number of esters is 1. The minimum atomic E-state index is -0.477. The van der Waals surface area contributed by atoms with Gasteiger partial charge in [-0.3, -0.25) is 19.1 Å². The first-order valence-electron chi connectivity index (χ1n) is 10.1. The first kappa shape index (κ1) is 20.3. The van der Waals surface area contributed by atoms with Crippen molar-refractivity contribution >= 4 is 16.9 Å². The molecule has 1 saturated heterocycles. The van der Waals surface area contributed by atoms with Gasteiger partial charge in [0.25, 0.3) is 5.56 Å². The number of aryl methyl sites for hydroxylation is 1. The molecule has 0 radical (unpaired) electrons. The number of carbonyl (C=O) groups is 1. The zero-order valence-corrected chi connectivity index (χ0v) is 17.0. The molecule has 0 bridgehead atoms. The van der Waals surface area contributed by atoms with E-state index in [2.05, 4.69) is 22.0 Å². The normalized spacial score (nSPS) is 17.2. The molecule has 1 fully saturated rings. The van der Waals surface area contributed by atoms with E-state index in [1.54, 1.807) is 6.07 Å². The molecule has 1 atom stereocenters. The van der Waals surface area contributed by atoms with E-state index in [0.29, 0.717) is 24.1 Å². The number of morpholine rings is 1. The largest absolute Gasteiger partial charge is 0.462 e. The molecule has 7 heteroatoms. The highest BCUT2D eigenvalue weighted by atomic mass is 16.6. The molecule has 4 rings (SSSR count). The summed E-state index contributed by atoms with van der Waals surface area (Å²) >= 11 is 0. The number of nitrogens with zero attached hydrogens (tertiary/aromatic N) is 3. The molecule has 2 aromatic carbocycles. The lowest BCUT2D eigenvalue weighted by Gasteiger charge is -2.32. The van der Waals surface area contributed by atoms with Crippen LogP contribution in [0.1, 0.15) is 11.1 Å². The molecule has 1 aliphatic rings. The molecule has 0 aliphatic carbocycles. The fourth-order valence-electron chi connectivity index (χ4n) is 3.69. The summed E-state index contributed by atoms with van der Waals surface area (Å²) < 4.78 is 12.4. The molecule has 2 heterocycles. The summed E-state index contributed by atoms with van der Waals surface area (Å²) in [7, 11) is 0. The first-order valence-corrected chi connectivity index (χ1v) is 10.1. The van der Waals surface area contributed by atoms with Crippen LogP contribution in [0.25, 0.3) is 10.9 Å². The molecule has 1 aliphatic heterocycles. The van der Waals surface area contributed by atoms with Crippen molar-refractivity contribution < 1.29 is 14.3 Å². The number of benzene rings is 2. The van der Waals surface area contributed by atoms with Crippen molar-refractivity contribution in [1.82, 2.24) is 14.5 Å². The Morgan fingerprint density at radius 2 is 2.03 bits per heavy atom. The van der Waals surface area contributed by atoms with Crippen LogP contribution in [0.15, 0.2) is 59.7 Å². The molecule has 0 N–H and O–H groups in total. The number of hydrogen-bond donors (Lipinski definition) is 0. The van der Waals surface area contributed by atoms with Gasteiger partial charge < -0.3 is 9.47 Å². The van der Waals surface area contributed by atoms with Crippen LogP contribution >= 0.6 is 0 Å². The van der Waals surface area contributed by atoms with Crippen molar-refractivity contribution in [2.45, 2.75) is 26.1 Å². The number of aromatic nitrogens is 2. The minimum Gasteiger partial charge on any atom is -0.462 e. The van der Waals surface area contributed by atoms with Gasteiger partial charge in [-0.1, -0.05) is 42.5 Å². The lowest BCUT2D eigenvalue weighted by atomic mass is 10.1. The summed E-state index contributed by atoms with van der Waals surface area (Å²) in [6.45, 7) is 4.87. The zero-order chi connectivity index (χ0) is 20.9. The summed E-state index contributed by atoms with van der Waals surface area (Å²) in [5, 5.41) is 0.498. The van der Waals surface area contributed by atoms with Gasteiger partial charge in [0.15, 0.2) is 0 Å². The fourth-order valence-corrected chi connectivity index (χ4v) is 3.69. The van der Waals surface area contributed by atoms with E-state index in [9.17, 15) is 9.59 Å². The van der Waals surface area contributed by atoms with Gasteiger partial charge in [0.2, 0.25) is 0 Å². The Morgan fingerprint density at radius 1 is 1.20 bits per heavy atom. The third-order valence-corrected chi connectivity index (χ3v) is 5.26. The smallest absolute Gasteiger partial charge is 0.326 e. The van der Waals surface area contributed by atoms with Gasteiger partial charge in [-0.2, -0.15) is 0 Å². The molecule has 0 spiro atoms. The van der Waals surface area contributed by atoms with E-state index in [1.165, 1.54) is 16.5 Å². The summed E-state index contributed by atoms with van der Waals surface area (Å²) in [5.41, 5.74) is 2.58. The van der Waals surface area contributed by atoms with Crippen molar-refractivity contribution in [3.8, 4) is 0 Å². The average molecular weight is 407 g/mol. The molecule has 7 nitrogen and oxygen atoms in total. The topological polar surface area (TPSA) is 73.7 Å². The Bertz CT molecular complexity index is 1080. The minimum absolute atomic E-state index is 0.166. The fraction of sp³-hybridized carbons (Fsp3) is 0.348. The third-order valence-electron chi connectivity index (χ3n) is 5.26. The van der Waals surface area contributed by atoms with E-state index >= 15 is 0 Å². The Balaban J connectivity index is 1.32.